The van der Waals surface area contributed by atoms with Gasteiger partial charge in [0.05, 0.1) is 12.1 Å². The number of pyridine rings is 1. The molecular formula is C18H20ClN3O. The summed E-state index contributed by atoms with van der Waals surface area (Å²) in [5.74, 6) is 0.185. The van der Waals surface area contributed by atoms with E-state index < -0.39 is 0 Å². The van der Waals surface area contributed by atoms with Crippen LogP contribution in [0.1, 0.15) is 11.3 Å². The highest BCUT2D eigenvalue weighted by molar-refractivity contribution is 6.30. The summed E-state index contributed by atoms with van der Waals surface area (Å²) in [6.45, 7) is 4.18. The maximum absolute atomic E-state index is 12.4. The molecule has 1 fully saturated rings. The van der Waals surface area contributed by atoms with Gasteiger partial charge in [-0.05, 0) is 29.8 Å². The third-order valence-electron chi connectivity index (χ3n) is 4.11. The molecule has 3 rings (SSSR count). The molecule has 23 heavy (non-hydrogen) atoms. The Balaban J connectivity index is 1.48. The van der Waals surface area contributed by atoms with Crippen molar-refractivity contribution in [2.45, 2.75) is 13.0 Å². The standard InChI is InChI=1S/C18H20ClN3O/c19-16-6-4-15(5-7-16)13-18(23)22-11-9-21(10-12-22)14-17-3-1-2-8-20-17/h1-8H,9-14H2. The second-order valence-corrected chi connectivity index (χ2v) is 6.22. The van der Waals surface area contributed by atoms with E-state index in [2.05, 4.69) is 9.88 Å². The van der Waals surface area contributed by atoms with Crippen LogP contribution in [0.3, 0.4) is 0 Å². The Bertz CT molecular complexity index is 637. The molecule has 0 atom stereocenters. The molecule has 120 valence electrons. The molecule has 5 heteroatoms. The molecule has 0 radical (unpaired) electrons. The number of piperazine rings is 1. The number of aromatic nitrogens is 1. The predicted octanol–water partition coefficient (Wildman–Crippen LogP) is 2.62. The topological polar surface area (TPSA) is 36.4 Å². The van der Waals surface area contributed by atoms with Crippen molar-refractivity contribution in [3.8, 4) is 0 Å². The van der Waals surface area contributed by atoms with Gasteiger partial charge in [0.25, 0.3) is 0 Å². The Morgan fingerprint density at radius 1 is 1.04 bits per heavy atom. The monoisotopic (exact) mass is 329 g/mol. The SMILES string of the molecule is O=C(Cc1ccc(Cl)cc1)N1CCN(Cc2ccccn2)CC1. The molecule has 1 aliphatic rings. The normalized spacial score (nSPS) is 15.6. The molecule has 0 saturated carbocycles. The number of hydrogen-bond donors (Lipinski definition) is 0. The van der Waals surface area contributed by atoms with Crippen molar-refractivity contribution in [2.24, 2.45) is 0 Å². The largest absolute Gasteiger partial charge is 0.340 e. The maximum Gasteiger partial charge on any atom is 0.227 e. The van der Waals surface area contributed by atoms with Crippen molar-refractivity contribution in [3.05, 3.63) is 64.9 Å². The van der Waals surface area contributed by atoms with Crippen molar-refractivity contribution in [2.75, 3.05) is 26.2 Å². The van der Waals surface area contributed by atoms with Crippen LogP contribution in [-0.2, 0) is 17.8 Å². The molecule has 1 aliphatic heterocycles. The van der Waals surface area contributed by atoms with E-state index in [1.54, 1.807) is 0 Å². The zero-order valence-electron chi connectivity index (χ0n) is 13.0. The van der Waals surface area contributed by atoms with Gasteiger partial charge in [-0.2, -0.15) is 0 Å². The summed E-state index contributed by atoms with van der Waals surface area (Å²) in [5, 5.41) is 0.698. The Hall–Kier alpha value is -1.91. The number of nitrogens with zero attached hydrogens (tertiary/aromatic N) is 3. The molecule has 2 heterocycles. The summed E-state index contributed by atoms with van der Waals surface area (Å²) in [7, 11) is 0. The zero-order valence-corrected chi connectivity index (χ0v) is 13.7. The minimum atomic E-state index is 0.185. The number of halogens is 1. The number of rotatable bonds is 4. The average Bonchev–Trinajstić information content (AvgIpc) is 2.58. The van der Waals surface area contributed by atoms with Gasteiger partial charge in [0.2, 0.25) is 5.91 Å². The van der Waals surface area contributed by atoms with Crippen LogP contribution in [0.4, 0.5) is 0 Å². The molecule has 0 unspecified atom stereocenters. The van der Waals surface area contributed by atoms with Crippen LogP contribution >= 0.6 is 11.6 Å². The van der Waals surface area contributed by atoms with Crippen LogP contribution in [0.15, 0.2) is 48.7 Å². The summed E-state index contributed by atoms with van der Waals surface area (Å²) in [6.07, 6.45) is 2.26. The third-order valence-corrected chi connectivity index (χ3v) is 4.36. The minimum Gasteiger partial charge on any atom is -0.340 e. The van der Waals surface area contributed by atoms with Gasteiger partial charge >= 0.3 is 0 Å². The van der Waals surface area contributed by atoms with Crippen molar-refractivity contribution < 1.29 is 4.79 Å². The van der Waals surface area contributed by atoms with Gasteiger partial charge in [-0.3, -0.25) is 14.7 Å². The fraction of sp³-hybridized carbons (Fsp3) is 0.333. The van der Waals surface area contributed by atoms with Crippen LogP contribution in [0.25, 0.3) is 0 Å². The molecule has 0 N–H and O–H groups in total. The highest BCUT2D eigenvalue weighted by atomic mass is 35.5. The maximum atomic E-state index is 12.4. The summed E-state index contributed by atoms with van der Waals surface area (Å²) < 4.78 is 0. The number of benzene rings is 1. The van der Waals surface area contributed by atoms with Crippen LogP contribution < -0.4 is 0 Å². The van der Waals surface area contributed by atoms with Crippen molar-refractivity contribution in [3.63, 3.8) is 0 Å². The highest BCUT2D eigenvalue weighted by Gasteiger charge is 2.21. The van der Waals surface area contributed by atoms with Crippen molar-refractivity contribution in [1.82, 2.24) is 14.8 Å². The van der Waals surface area contributed by atoms with Gasteiger partial charge in [0.1, 0.15) is 0 Å². The quantitative estimate of drug-likeness (QED) is 0.865. The Labute approximate surface area is 141 Å². The first-order valence-corrected chi connectivity index (χ1v) is 8.23. The molecule has 1 amide bonds. The molecule has 0 aliphatic carbocycles. The van der Waals surface area contributed by atoms with Crippen molar-refractivity contribution >= 4 is 17.5 Å². The fourth-order valence-electron chi connectivity index (χ4n) is 2.76. The van der Waals surface area contributed by atoms with E-state index in [0.29, 0.717) is 11.4 Å². The average molecular weight is 330 g/mol. The highest BCUT2D eigenvalue weighted by Crippen LogP contribution is 2.12. The zero-order chi connectivity index (χ0) is 16.1. The lowest BCUT2D eigenvalue weighted by Crippen LogP contribution is -2.48. The van der Waals surface area contributed by atoms with E-state index in [-0.39, 0.29) is 5.91 Å². The van der Waals surface area contributed by atoms with Gasteiger partial charge < -0.3 is 4.90 Å². The molecular weight excluding hydrogens is 310 g/mol. The van der Waals surface area contributed by atoms with Crippen LogP contribution in [0, 0.1) is 0 Å². The molecule has 1 saturated heterocycles. The number of carbonyl (C=O) groups is 1. The third kappa shape index (κ3) is 4.53. The van der Waals surface area contributed by atoms with Gasteiger partial charge in [0, 0.05) is 43.9 Å². The first-order chi connectivity index (χ1) is 11.2. The fourth-order valence-corrected chi connectivity index (χ4v) is 2.89. The first-order valence-electron chi connectivity index (χ1n) is 7.85. The molecule has 1 aromatic heterocycles. The summed E-state index contributed by atoms with van der Waals surface area (Å²) >= 11 is 5.87. The first kappa shape index (κ1) is 16.0. The van der Waals surface area contributed by atoms with E-state index in [9.17, 15) is 4.79 Å². The second-order valence-electron chi connectivity index (χ2n) is 5.78. The van der Waals surface area contributed by atoms with Gasteiger partial charge in [-0.25, -0.2) is 0 Å². The van der Waals surface area contributed by atoms with Crippen LogP contribution in [0.2, 0.25) is 5.02 Å². The molecule has 0 spiro atoms. The van der Waals surface area contributed by atoms with Gasteiger partial charge in [0.15, 0.2) is 0 Å². The van der Waals surface area contributed by atoms with E-state index in [0.717, 1.165) is 44.0 Å². The molecule has 2 aromatic rings. The van der Waals surface area contributed by atoms with E-state index >= 15 is 0 Å². The Kier molecular flexibility index (Phi) is 5.26. The van der Waals surface area contributed by atoms with Crippen LogP contribution in [-0.4, -0.2) is 46.9 Å². The lowest BCUT2D eigenvalue weighted by Gasteiger charge is -2.34. The van der Waals surface area contributed by atoms with E-state index in [1.807, 2.05) is 53.6 Å². The number of hydrogen-bond acceptors (Lipinski definition) is 3. The molecule has 0 bridgehead atoms. The van der Waals surface area contributed by atoms with Crippen LogP contribution in [0.5, 0.6) is 0 Å². The molecule has 4 nitrogen and oxygen atoms in total. The van der Waals surface area contributed by atoms with Crippen molar-refractivity contribution in [1.29, 1.82) is 0 Å². The molecule has 1 aromatic carbocycles. The second kappa shape index (κ2) is 7.57. The Morgan fingerprint density at radius 3 is 2.43 bits per heavy atom. The van der Waals surface area contributed by atoms with E-state index in [1.165, 1.54) is 0 Å². The lowest BCUT2D eigenvalue weighted by atomic mass is 10.1. The Morgan fingerprint density at radius 2 is 1.78 bits per heavy atom. The lowest BCUT2D eigenvalue weighted by molar-refractivity contribution is -0.132. The summed E-state index contributed by atoms with van der Waals surface area (Å²) in [6, 6.07) is 13.5. The smallest absolute Gasteiger partial charge is 0.227 e. The number of amides is 1. The van der Waals surface area contributed by atoms with Gasteiger partial charge in [-0.15, -0.1) is 0 Å². The van der Waals surface area contributed by atoms with E-state index in [4.69, 9.17) is 11.6 Å². The predicted molar refractivity (Wildman–Crippen MR) is 91.3 cm³/mol. The van der Waals surface area contributed by atoms with Gasteiger partial charge in [-0.1, -0.05) is 29.8 Å². The minimum absolute atomic E-state index is 0.185. The summed E-state index contributed by atoms with van der Waals surface area (Å²) in [5.41, 5.74) is 2.09. The number of carbonyl (C=O) groups excluding carboxylic acids is 1. The summed E-state index contributed by atoms with van der Waals surface area (Å²) in [4.78, 5) is 21.0.